The van der Waals surface area contributed by atoms with Gasteiger partial charge >= 0.3 is 0 Å². The molecule has 0 unspecified atom stereocenters. The lowest BCUT2D eigenvalue weighted by Crippen LogP contribution is -2.42. The molecule has 1 heterocycles. The van der Waals surface area contributed by atoms with Crippen LogP contribution < -0.4 is 5.73 Å². The molecule has 0 radical (unpaired) electrons. The van der Waals surface area contributed by atoms with Gasteiger partial charge in [-0.3, -0.25) is 4.99 Å². The number of guanidine groups is 1. The average molecular weight is 243 g/mol. The zero-order valence-electron chi connectivity index (χ0n) is 10.8. The van der Waals surface area contributed by atoms with Crippen molar-refractivity contribution in [3.63, 3.8) is 0 Å². The summed E-state index contributed by atoms with van der Waals surface area (Å²) in [6.45, 7) is 9.77. The first-order valence-corrected chi connectivity index (χ1v) is 7.27. The predicted molar refractivity (Wildman–Crippen MR) is 74.1 cm³/mol. The monoisotopic (exact) mass is 243 g/mol. The number of hydrogen-bond donors (Lipinski definition) is 1. The largest absolute Gasteiger partial charge is 0.370 e. The van der Waals surface area contributed by atoms with Gasteiger partial charge in [-0.25, -0.2) is 0 Å². The Bertz CT molecular complexity index is 227. The number of aliphatic imine (C=N–C) groups is 1. The quantitative estimate of drug-likeness (QED) is 0.469. The van der Waals surface area contributed by atoms with E-state index in [1.54, 1.807) is 0 Å². The molecule has 0 aromatic carbocycles. The van der Waals surface area contributed by atoms with Crippen LogP contribution in [0.25, 0.3) is 0 Å². The van der Waals surface area contributed by atoms with E-state index >= 15 is 0 Å². The Hall–Kier alpha value is -0.380. The van der Waals surface area contributed by atoms with Gasteiger partial charge in [0.15, 0.2) is 5.96 Å². The Labute approximate surface area is 104 Å². The van der Waals surface area contributed by atoms with Crippen molar-refractivity contribution in [3.05, 3.63) is 0 Å². The fourth-order valence-corrected chi connectivity index (χ4v) is 2.60. The van der Waals surface area contributed by atoms with Gasteiger partial charge in [-0.2, -0.15) is 11.8 Å². The van der Waals surface area contributed by atoms with Gasteiger partial charge < -0.3 is 10.6 Å². The van der Waals surface area contributed by atoms with Crippen molar-refractivity contribution in [2.75, 3.05) is 31.1 Å². The molecule has 2 N–H and O–H groups in total. The van der Waals surface area contributed by atoms with Crippen molar-refractivity contribution in [1.82, 2.24) is 4.90 Å². The predicted octanol–water partition coefficient (Wildman–Crippen LogP) is 2.18. The summed E-state index contributed by atoms with van der Waals surface area (Å²) in [7, 11) is 0. The SMILES string of the molecule is CC(C)(C)CCCN=C(N)N1CCSCC1. The molecule has 0 saturated carbocycles. The number of nitrogens with zero attached hydrogens (tertiary/aromatic N) is 2. The minimum atomic E-state index is 0.409. The normalized spacial score (nSPS) is 18.9. The molecular weight excluding hydrogens is 218 g/mol. The summed E-state index contributed by atoms with van der Waals surface area (Å²) in [6, 6.07) is 0. The van der Waals surface area contributed by atoms with Crippen LogP contribution in [0.15, 0.2) is 4.99 Å². The molecule has 1 fully saturated rings. The molecule has 0 spiro atoms. The van der Waals surface area contributed by atoms with Gasteiger partial charge in [0.1, 0.15) is 0 Å². The van der Waals surface area contributed by atoms with Gasteiger partial charge in [0.25, 0.3) is 0 Å². The lowest BCUT2D eigenvalue weighted by molar-refractivity contribution is 0.367. The molecule has 0 aromatic heterocycles. The van der Waals surface area contributed by atoms with Crippen LogP contribution in [0.1, 0.15) is 33.6 Å². The summed E-state index contributed by atoms with van der Waals surface area (Å²) in [6.07, 6.45) is 2.34. The van der Waals surface area contributed by atoms with Gasteiger partial charge in [-0.1, -0.05) is 20.8 Å². The van der Waals surface area contributed by atoms with Crippen LogP contribution in [0, 0.1) is 5.41 Å². The van der Waals surface area contributed by atoms with Gasteiger partial charge in [0.2, 0.25) is 0 Å². The number of thioether (sulfide) groups is 1. The van der Waals surface area contributed by atoms with Crippen molar-refractivity contribution < 1.29 is 0 Å². The standard InChI is InChI=1S/C12H25N3S/c1-12(2,3)5-4-6-14-11(13)15-7-9-16-10-8-15/h4-10H2,1-3H3,(H2,13,14). The molecule has 0 amide bonds. The molecule has 16 heavy (non-hydrogen) atoms. The van der Waals surface area contributed by atoms with Crippen LogP contribution in [0.3, 0.4) is 0 Å². The fraction of sp³-hybridized carbons (Fsp3) is 0.917. The third-order valence-electron chi connectivity index (χ3n) is 2.69. The lowest BCUT2D eigenvalue weighted by atomic mass is 9.91. The second kappa shape index (κ2) is 6.38. The maximum absolute atomic E-state index is 5.96. The van der Waals surface area contributed by atoms with Gasteiger partial charge in [0.05, 0.1) is 0 Å². The van der Waals surface area contributed by atoms with E-state index in [0.717, 1.165) is 32.0 Å². The molecule has 0 aliphatic carbocycles. The Morgan fingerprint density at radius 3 is 2.50 bits per heavy atom. The molecule has 0 aromatic rings. The summed E-state index contributed by atoms with van der Waals surface area (Å²) >= 11 is 2.00. The van der Waals surface area contributed by atoms with Crippen molar-refractivity contribution in [3.8, 4) is 0 Å². The maximum atomic E-state index is 5.96. The molecule has 1 aliphatic heterocycles. The van der Waals surface area contributed by atoms with Crippen LogP contribution in [0.5, 0.6) is 0 Å². The van der Waals surface area contributed by atoms with E-state index in [1.165, 1.54) is 17.9 Å². The molecule has 0 atom stereocenters. The Balaban J connectivity index is 2.22. The summed E-state index contributed by atoms with van der Waals surface area (Å²) < 4.78 is 0. The van der Waals surface area contributed by atoms with E-state index in [9.17, 15) is 0 Å². The van der Waals surface area contributed by atoms with Crippen molar-refractivity contribution in [2.24, 2.45) is 16.1 Å². The molecule has 1 saturated heterocycles. The van der Waals surface area contributed by atoms with Crippen LogP contribution in [-0.2, 0) is 0 Å². The summed E-state index contributed by atoms with van der Waals surface area (Å²) in [5, 5.41) is 0. The van der Waals surface area contributed by atoms with Crippen LogP contribution in [0.2, 0.25) is 0 Å². The second-order valence-electron chi connectivity index (χ2n) is 5.50. The van der Waals surface area contributed by atoms with Crippen molar-refractivity contribution >= 4 is 17.7 Å². The third-order valence-corrected chi connectivity index (χ3v) is 3.64. The average Bonchev–Trinajstić information content (AvgIpc) is 2.24. The summed E-state index contributed by atoms with van der Waals surface area (Å²) in [5.74, 6) is 3.10. The minimum absolute atomic E-state index is 0.409. The van der Waals surface area contributed by atoms with E-state index in [0.29, 0.717) is 5.41 Å². The first-order chi connectivity index (χ1) is 7.49. The lowest BCUT2D eigenvalue weighted by Gasteiger charge is -2.27. The number of nitrogens with two attached hydrogens (primary N) is 1. The van der Waals surface area contributed by atoms with Crippen molar-refractivity contribution in [1.29, 1.82) is 0 Å². The summed E-state index contributed by atoms with van der Waals surface area (Å²) in [5.41, 5.74) is 6.37. The van der Waals surface area contributed by atoms with Gasteiger partial charge in [0, 0.05) is 31.1 Å². The molecule has 94 valence electrons. The van der Waals surface area contributed by atoms with Gasteiger partial charge in [-0.05, 0) is 18.3 Å². The van der Waals surface area contributed by atoms with Crippen molar-refractivity contribution in [2.45, 2.75) is 33.6 Å². The van der Waals surface area contributed by atoms with Crippen LogP contribution in [0.4, 0.5) is 0 Å². The molecule has 3 nitrogen and oxygen atoms in total. The molecule has 4 heteroatoms. The zero-order chi connectivity index (χ0) is 12.0. The molecule has 1 aliphatic rings. The highest BCUT2D eigenvalue weighted by Gasteiger charge is 2.12. The highest BCUT2D eigenvalue weighted by Crippen LogP contribution is 2.20. The third kappa shape index (κ3) is 5.64. The van der Waals surface area contributed by atoms with E-state index in [2.05, 4.69) is 30.7 Å². The highest BCUT2D eigenvalue weighted by molar-refractivity contribution is 7.99. The van der Waals surface area contributed by atoms with E-state index in [4.69, 9.17) is 5.73 Å². The van der Waals surface area contributed by atoms with E-state index in [-0.39, 0.29) is 0 Å². The summed E-state index contributed by atoms with van der Waals surface area (Å²) in [4.78, 5) is 6.66. The Morgan fingerprint density at radius 2 is 1.94 bits per heavy atom. The van der Waals surface area contributed by atoms with Gasteiger partial charge in [-0.15, -0.1) is 0 Å². The molecular formula is C12H25N3S. The topological polar surface area (TPSA) is 41.6 Å². The number of rotatable bonds is 3. The molecule has 1 rings (SSSR count). The first-order valence-electron chi connectivity index (χ1n) is 6.12. The highest BCUT2D eigenvalue weighted by atomic mass is 32.2. The van der Waals surface area contributed by atoms with Crippen LogP contribution >= 0.6 is 11.8 Å². The molecule has 0 bridgehead atoms. The maximum Gasteiger partial charge on any atom is 0.191 e. The fourth-order valence-electron chi connectivity index (χ4n) is 1.70. The smallest absolute Gasteiger partial charge is 0.191 e. The van der Waals surface area contributed by atoms with E-state index < -0.39 is 0 Å². The number of hydrogen-bond acceptors (Lipinski definition) is 2. The van der Waals surface area contributed by atoms with E-state index in [1.807, 2.05) is 11.8 Å². The second-order valence-corrected chi connectivity index (χ2v) is 6.73. The van der Waals surface area contributed by atoms with Crippen LogP contribution in [-0.4, -0.2) is 42.0 Å². The Kier molecular flexibility index (Phi) is 5.46. The minimum Gasteiger partial charge on any atom is -0.370 e. The zero-order valence-corrected chi connectivity index (χ0v) is 11.6. The Morgan fingerprint density at radius 1 is 1.31 bits per heavy atom. The first kappa shape index (κ1) is 13.7.